The number of nitrogens with zero attached hydrogens (tertiary/aromatic N) is 4. The minimum Gasteiger partial charge on any atom is -0.391 e. The van der Waals surface area contributed by atoms with Gasteiger partial charge in [0.05, 0.1) is 37.4 Å². The summed E-state index contributed by atoms with van der Waals surface area (Å²) in [4.78, 5) is 0. The Morgan fingerprint density at radius 1 is 1.65 bits per heavy atom. The summed E-state index contributed by atoms with van der Waals surface area (Å²) in [5.41, 5.74) is 1.42. The van der Waals surface area contributed by atoms with Gasteiger partial charge in [-0.05, 0) is 18.8 Å². The SMILES string of the molecule is COCc1c(CC#N)nnn1CC(O)C1CC1. The first-order chi connectivity index (χ1) is 8.26. The van der Waals surface area contributed by atoms with Crippen LogP contribution >= 0.6 is 0 Å². The van der Waals surface area contributed by atoms with Crippen LogP contribution < -0.4 is 0 Å². The number of aromatic nitrogens is 3. The Morgan fingerprint density at radius 3 is 3.00 bits per heavy atom. The van der Waals surface area contributed by atoms with E-state index in [4.69, 9.17) is 10.00 Å². The van der Waals surface area contributed by atoms with Crippen LogP contribution in [0.4, 0.5) is 0 Å². The molecule has 1 aliphatic carbocycles. The van der Waals surface area contributed by atoms with E-state index in [1.54, 1.807) is 11.8 Å². The molecular formula is C11H16N4O2. The Kier molecular flexibility index (Phi) is 3.71. The lowest BCUT2D eigenvalue weighted by molar-refractivity contribution is 0.119. The average Bonchev–Trinajstić information content (AvgIpc) is 3.09. The van der Waals surface area contributed by atoms with Crippen molar-refractivity contribution in [1.29, 1.82) is 5.26 Å². The predicted octanol–water partition coefficient (Wildman–Crippen LogP) is 0.261. The summed E-state index contributed by atoms with van der Waals surface area (Å²) in [6.45, 7) is 0.795. The second-order valence-corrected chi connectivity index (χ2v) is 4.34. The van der Waals surface area contributed by atoms with E-state index in [1.165, 1.54) is 0 Å². The van der Waals surface area contributed by atoms with Gasteiger partial charge in [0.1, 0.15) is 5.69 Å². The summed E-state index contributed by atoms with van der Waals surface area (Å²) in [7, 11) is 1.59. The monoisotopic (exact) mass is 236 g/mol. The maximum Gasteiger partial charge on any atom is 0.102 e. The van der Waals surface area contributed by atoms with E-state index in [1.807, 2.05) is 0 Å². The van der Waals surface area contributed by atoms with Gasteiger partial charge in [-0.15, -0.1) is 5.10 Å². The first-order valence-electron chi connectivity index (χ1n) is 5.71. The molecule has 17 heavy (non-hydrogen) atoms. The van der Waals surface area contributed by atoms with E-state index in [-0.39, 0.29) is 12.5 Å². The van der Waals surface area contributed by atoms with Gasteiger partial charge >= 0.3 is 0 Å². The van der Waals surface area contributed by atoms with E-state index in [0.717, 1.165) is 18.5 Å². The van der Waals surface area contributed by atoms with Crippen molar-refractivity contribution < 1.29 is 9.84 Å². The molecule has 2 rings (SSSR count). The lowest BCUT2D eigenvalue weighted by Crippen LogP contribution is -2.21. The molecule has 1 heterocycles. The summed E-state index contributed by atoms with van der Waals surface area (Å²) in [5, 5.41) is 26.5. The zero-order chi connectivity index (χ0) is 12.3. The second-order valence-electron chi connectivity index (χ2n) is 4.34. The molecule has 0 bridgehead atoms. The molecule has 0 saturated heterocycles. The maximum atomic E-state index is 9.88. The summed E-state index contributed by atoms with van der Waals surface area (Å²) in [5.74, 6) is 0.397. The highest BCUT2D eigenvalue weighted by molar-refractivity contribution is 5.13. The van der Waals surface area contributed by atoms with Gasteiger partial charge in [0, 0.05) is 7.11 Å². The Hall–Kier alpha value is -1.45. The van der Waals surface area contributed by atoms with Crippen LogP contribution in [0.15, 0.2) is 0 Å². The Balaban J connectivity index is 2.11. The van der Waals surface area contributed by atoms with Crippen molar-refractivity contribution in [2.45, 2.75) is 38.5 Å². The van der Waals surface area contributed by atoms with Crippen LogP contribution in [0.5, 0.6) is 0 Å². The maximum absolute atomic E-state index is 9.88. The predicted molar refractivity (Wildman–Crippen MR) is 58.8 cm³/mol. The lowest BCUT2D eigenvalue weighted by atomic mass is 10.2. The van der Waals surface area contributed by atoms with Crippen molar-refractivity contribution in [1.82, 2.24) is 15.0 Å². The Labute approximate surface area is 99.8 Å². The van der Waals surface area contributed by atoms with Gasteiger partial charge in [-0.2, -0.15) is 5.26 Å². The minimum atomic E-state index is -0.373. The smallest absolute Gasteiger partial charge is 0.102 e. The Bertz CT molecular complexity index is 420. The number of hydrogen-bond donors (Lipinski definition) is 1. The average molecular weight is 236 g/mol. The van der Waals surface area contributed by atoms with Crippen LogP contribution in [0.1, 0.15) is 24.2 Å². The fourth-order valence-electron chi connectivity index (χ4n) is 1.83. The highest BCUT2D eigenvalue weighted by atomic mass is 16.5. The minimum absolute atomic E-state index is 0.220. The molecule has 6 heteroatoms. The summed E-state index contributed by atoms with van der Waals surface area (Å²) in [6.07, 6.45) is 2.02. The number of aliphatic hydroxyl groups is 1. The number of hydrogen-bond acceptors (Lipinski definition) is 5. The van der Waals surface area contributed by atoms with Crippen LogP contribution in [-0.4, -0.2) is 33.3 Å². The zero-order valence-corrected chi connectivity index (χ0v) is 9.83. The molecule has 1 fully saturated rings. The van der Waals surface area contributed by atoms with Gasteiger partial charge in [0.25, 0.3) is 0 Å². The molecule has 1 atom stereocenters. The third-order valence-corrected chi connectivity index (χ3v) is 2.97. The van der Waals surface area contributed by atoms with Gasteiger partial charge in [-0.25, -0.2) is 4.68 Å². The number of aliphatic hydroxyl groups excluding tert-OH is 1. The number of methoxy groups -OCH3 is 1. The largest absolute Gasteiger partial charge is 0.391 e. The molecule has 0 aromatic carbocycles. The fraction of sp³-hybridized carbons (Fsp3) is 0.727. The Morgan fingerprint density at radius 2 is 2.41 bits per heavy atom. The quantitative estimate of drug-likeness (QED) is 0.766. The molecule has 6 nitrogen and oxygen atoms in total. The number of nitriles is 1. The highest BCUT2D eigenvalue weighted by Crippen LogP contribution is 2.33. The van der Waals surface area contributed by atoms with Crippen molar-refractivity contribution in [2.24, 2.45) is 5.92 Å². The van der Waals surface area contributed by atoms with Gasteiger partial charge in [0.15, 0.2) is 0 Å². The molecule has 1 N–H and O–H groups in total. The van der Waals surface area contributed by atoms with E-state index in [9.17, 15) is 5.11 Å². The number of rotatable bonds is 6. The first kappa shape index (κ1) is 12.0. The third-order valence-electron chi connectivity index (χ3n) is 2.97. The van der Waals surface area contributed by atoms with Gasteiger partial charge in [-0.3, -0.25) is 0 Å². The molecule has 1 aromatic heterocycles. The molecule has 1 saturated carbocycles. The highest BCUT2D eigenvalue weighted by Gasteiger charge is 2.30. The normalized spacial score (nSPS) is 16.8. The molecule has 1 aromatic rings. The van der Waals surface area contributed by atoms with Crippen molar-refractivity contribution in [3.05, 3.63) is 11.4 Å². The van der Waals surface area contributed by atoms with Crippen LogP contribution in [0.25, 0.3) is 0 Å². The summed E-state index contributed by atoms with van der Waals surface area (Å²) in [6, 6.07) is 2.05. The second kappa shape index (κ2) is 5.25. The van der Waals surface area contributed by atoms with Crippen molar-refractivity contribution >= 4 is 0 Å². The topological polar surface area (TPSA) is 84.0 Å². The van der Waals surface area contributed by atoms with Crippen molar-refractivity contribution in [2.75, 3.05) is 7.11 Å². The zero-order valence-electron chi connectivity index (χ0n) is 9.83. The van der Waals surface area contributed by atoms with Crippen molar-refractivity contribution in [3.63, 3.8) is 0 Å². The van der Waals surface area contributed by atoms with Gasteiger partial charge < -0.3 is 9.84 Å². The molecule has 0 spiro atoms. The standard InChI is InChI=1S/C11H16N4O2/c1-17-7-10-9(4-5-12)13-14-15(10)6-11(16)8-2-3-8/h8,11,16H,2-4,6-7H2,1H3. The van der Waals surface area contributed by atoms with Crippen LogP contribution in [-0.2, 0) is 24.3 Å². The first-order valence-corrected chi connectivity index (χ1v) is 5.71. The molecule has 0 amide bonds. The molecule has 1 unspecified atom stereocenters. The summed E-state index contributed by atoms with van der Waals surface area (Å²) >= 11 is 0. The number of ether oxygens (including phenoxy) is 1. The summed E-state index contributed by atoms with van der Waals surface area (Å²) < 4.78 is 6.73. The van der Waals surface area contributed by atoms with Gasteiger partial charge in [-0.1, -0.05) is 5.21 Å². The molecule has 92 valence electrons. The molecule has 1 aliphatic rings. The van der Waals surface area contributed by atoms with E-state index in [0.29, 0.717) is 24.8 Å². The van der Waals surface area contributed by atoms with Crippen molar-refractivity contribution in [3.8, 4) is 6.07 Å². The lowest BCUT2D eigenvalue weighted by Gasteiger charge is -2.11. The van der Waals surface area contributed by atoms with E-state index < -0.39 is 0 Å². The van der Waals surface area contributed by atoms with Crippen LogP contribution in [0.3, 0.4) is 0 Å². The van der Waals surface area contributed by atoms with E-state index >= 15 is 0 Å². The van der Waals surface area contributed by atoms with Crippen LogP contribution in [0, 0.1) is 17.2 Å². The van der Waals surface area contributed by atoms with Gasteiger partial charge in [0.2, 0.25) is 0 Å². The van der Waals surface area contributed by atoms with Crippen LogP contribution in [0.2, 0.25) is 0 Å². The molecule has 0 radical (unpaired) electrons. The molecule has 0 aliphatic heterocycles. The fourth-order valence-corrected chi connectivity index (χ4v) is 1.83. The molecular weight excluding hydrogens is 220 g/mol. The van der Waals surface area contributed by atoms with E-state index in [2.05, 4.69) is 16.4 Å². The third kappa shape index (κ3) is 2.81.